The molecule has 3 aromatic rings. The third-order valence-electron chi connectivity index (χ3n) is 6.93. The van der Waals surface area contributed by atoms with E-state index in [1.165, 1.54) is 12.1 Å². The summed E-state index contributed by atoms with van der Waals surface area (Å²) in [5.41, 5.74) is 4.68. The van der Waals surface area contributed by atoms with Crippen LogP contribution in [0.3, 0.4) is 0 Å². The lowest BCUT2D eigenvalue weighted by Crippen LogP contribution is -2.38. The Labute approximate surface area is 224 Å². The van der Waals surface area contributed by atoms with Crippen molar-refractivity contribution >= 4 is 11.7 Å². The Balaban J connectivity index is 1.58. The highest BCUT2D eigenvalue weighted by Crippen LogP contribution is 2.39. The zero-order valence-electron chi connectivity index (χ0n) is 23.0. The molecule has 0 spiro atoms. The van der Waals surface area contributed by atoms with Crippen LogP contribution < -0.4 is 9.64 Å². The summed E-state index contributed by atoms with van der Waals surface area (Å²) >= 11 is 0. The van der Waals surface area contributed by atoms with E-state index in [9.17, 15) is 9.18 Å². The van der Waals surface area contributed by atoms with Crippen molar-refractivity contribution in [2.24, 2.45) is 5.41 Å². The zero-order valence-corrected chi connectivity index (χ0v) is 23.0. The number of pyridine rings is 1. The molecule has 0 atom stereocenters. The number of carbonyl (C=O) groups excluding carboxylic acids is 1. The molecule has 0 aliphatic carbocycles. The lowest BCUT2D eigenvalue weighted by Gasteiger charge is -2.39. The van der Waals surface area contributed by atoms with Crippen LogP contribution in [0.2, 0.25) is 0 Å². The van der Waals surface area contributed by atoms with Crippen LogP contribution in [0.25, 0.3) is 11.4 Å². The fourth-order valence-electron chi connectivity index (χ4n) is 4.62. The van der Waals surface area contributed by atoms with Crippen molar-refractivity contribution in [2.45, 2.75) is 66.4 Å². The largest absolute Gasteiger partial charge is 0.490 e. The molecule has 3 heterocycles. The third-order valence-corrected chi connectivity index (χ3v) is 6.93. The van der Waals surface area contributed by atoms with Gasteiger partial charge in [0, 0.05) is 37.0 Å². The van der Waals surface area contributed by atoms with Gasteiger partial charge in [-0.1, -0.05) is 26.0 Å². The van der Waals surface area contributed by atoms with Crippen molar-refractivity contribution in [3.8, 4) is 17.1 Å². The molecule has 4 rings (SSSR count). The summed E-state index contributed by atoms with van der Waals surface area (Å²) in [6, 6.07) is 6.39. The molecule has 0 radical (unpaired) electrons. The molecular weight excluding hydrogens is 483 g/mol. The van der Waals surface area contributed by atoms with Gasteiger partial charge in [-0.3, -0.25) is 9.78 Å². The number of aromatic nitrogens is 3. The standard InChI is InChI=1S/C30H37FN4O3/c1-20(2)38-27(36)16-25-21(3)32-19-26(28(25)35-13-11-30(4,5)12-14-35)29-33-17-24(18-34-29)37-15-10-22-6-8-23(31)9-7-22/h6-9,17-20H,10-16H2,1-5H3. The van der Waals surface area contributed by atoms with Crippen molar-refractivity contribution in [2.75, 3.05) is 24.6 Å². The van der Waals surface area contributed by atoms with E-state index in [1.807, 2.05) is 20.8 Å². The van der Waals surface area contributed by atoms with E-state index in [-0.39, 0.29) is 29.7 Å². The van der Waals surface area contributed by atoms with Gasteiger partial charge in [-0.05, 0) is 56.7 Å². The summed E-state index contributed by atoms with van der Waals surface area (Å²) in [5.74, 6) is 0.558. The van der Waals surface area contributed by atoms with Crippen molar-refractivity contribution in [1.29, 1.82) is 0 Å². The lowest BCUT2D eigenvalue weighted by atomic mass is 9.82. The van der Waals surface area contributed by atoms with Crippen LogP contribution in [-0.4, -0.2) is 46.7 Å². The first-order chi connectivity index (χ1) is 18.1. The van der Waals surface area contributed by atoms with Crippen LogP contribution in [0.1, 0.15) is 57.4 Å². The molecule has 1 aromatic carbocycles. The molecule has 0 amide bonds. The van der Waals surface area contributed by atoms with E-state index in [0.29, 0.717) is 24.6 Å². The number of halogens is 1. The van der Waals surface area contributed by atoms with Crippen LogP contribution in [0.4, 0.5) is 10.1 Å². The first kappa shape index (κ1) is 27.5. The van der Waals surface area contributed by atoms with Crippen LogP contribution in [0.5, 0.6) is 5.75 Å². The molecule has 1 fully saturated rings. The van der Waals surface area contributed by atoms with Gasteiger partial charge in [0.1, 0.15) is 5.82 Å². The molecule has 1 aliphatic rings. The zero-order chi connectivity index (χ0) is 27.3. The van der Waals surface area contributed by atoms with Gasteiger partial charge in [-0.2, -0.15) is 0 Å². The second-order valence-electron chi connectivity index (χ2n) is 10.9. The molecule has 0 N–H and O–H groups in total. The average Bonchev–Trinajstić information content (AvgIpc) is 2.87. The maximum Gasteiger partial charge on any atom is 0.310 e. The maximum absolute atomic E-state index is 13.1. The molecule has 0 saturated carbocycles. The molecule has 0 unspecified atom stereocenters. The van der Waals surface area contributed by atoms with Crippen LogP contribution in [-0.2, 0) is 22.4 Å². The highest BCUT2D eigenvalue weighted by molar-refractivity contribution is 5.83. The summed E-state index contributed by atoms with van der Waals surface area (Å²) in [4.78, 5) is 28.8. The second-order valence-corrected chi connectivity index (χ2v) is 10.9. The lowest BCUT2D eigenvalue weighted by molar-refractivity contribution is -0.146. The molecule has 7 nitrogen and oxygen atoms in total. The predicted molar refractivity (Wildman–Crippen MR) is 146 cm³/mol. The smallest absolute Gasteiger partial charge is 0.310 e. The summed E-state index contributed by atoms with van der Waals surface area (Å²) in [7, 11) is 0. The first-order valence-electron chi connectivity index (χ1n) is 13.2. The molecule has 1 aliphatic heterocycles. The van der Waals surface area contributed by atoms with Gasteiger partial charge in [0.2, 0.25) is 0 Å². The molecular formula is C30H37FN4O3. The molecule has 0 bridgehead atoms. The molecule has 38 heavy (non-hydrogen) atoms. The van der Waals surface area contributed by atoms with Gasteiger partial charge in [-0.25, -0.2) is 14.4 Å². The number of piperidine rings is 1. The molecule has 202 valence electrons. The summed E-state index contributed by atoms with van der Waals surface area (Å²) in [6.45, 7) is 12.4. The summed E-state index contributed by atoms with van der Waals surface area (Å²) in [6.07, 6.45) is 7.81. The Morgan fingerprint density at radius 3 is 2.34 bits per heavy atom. The number of aryl methyl sites for hydroxylation is 1. The number of hydrogen-bond donors (Lipinski definition) is 0. The van der Waals surface area contributed by atoms with Gasteiger partial charge in [-0.15, -0.1) is 0 Å². The minimum absolute atomic E-state index is 0.144. The maximum atomic E-state index is 13.1. The fraction of sp³-hybridized carbons (Fsp3) is 0.467. The minimum Gasteiger partial charge on any atom is -0.490 e. The quantitative estimate of drug-likeness (QED) is 0.334. The topological polar surface area (TPSA) is 77.4 Å². The van der Waals surface area contributed by atoms with Crippen molar-refractivity contribution in [3.05, 3.63) is 65.5 Å². The van der Waals surface area contributed by atoms with Gasteiger partial charge in [0.05, 0.1) is 42.8 Å². The van der Waals surface area contributed by atoms with Gasteiger partial charge in [0.25, 0.3) is 0 Å². The fourth-order valence-corrected chi connectivity index (χ4v) is 4.62. The van der Waals surface area contributed by atoms with E-state index >= 15 is 0 Å². The van der Waals surface area contributed by atoms with E-state index in [4.69, 9.17) is 9.47 Å². The SMILES string of the molecule is Cc1ncc(-c2ncc(OCCc3ccc(F)cc3)cn2)c(N2CCC(C)(C)CC2)c1CC(=O)OC(C)C. The summed E-state index contributed by atoms with van der Waals surface area (Å²) < 4.78 is 24.4. The van der Waals surface area contributed by atoms with Crippen molar-refractivity contribution in [1.82, 2.24) is 15.0 Å². The second kappa shape index (κ2) is 11.9. The molecule has 8 heteroatoms. The number of esters is 1. The predicted octanol–water partition coefficient (Wildman–Crippen LogP) is 5.73. The number of nitrogens with zero attached hydrogens (tertiary/aromatic N) is 4. The normalized spacial score (nSPS) is 15.0. The monoisotopic (exact) mass is 520 g/mol. The summed E-state index contributed by atoms with van der Waals surface area (Å²) in [5, 5.41) is 0. The van der Waals surface area contributed by atoms with Crippen LogP contribution in [0.15, 0.2) is 42.9 Å². The van der Waals surface area contributed by atoms with Crippen LogP contribution >= 0.6 is 0 Å². The molecule has 1 saturated heterocycles. The Morgan fingerprint density at radius 1 is 1.05 bits per heavy atom. The number of rotatable bonds is 9. The van der Waals surface area contributed by atoms with Crippen molar-refractivity contribution < 1.29 is 18.7 Å². The highest BCUT2D eigenvalue weighted by Gasteiger charge is 2.30. The van der Waals surface area contributed by atoms with E-state index < -0.39 is 0 Å². The number of carbonyl (C=O) groups is 1. The number of ether oxygens (including phenoxy) is 2. The average molecular weight is 521 g/mol. The highest BCUT2D eigenvalue weighted by atomic mass is 19.1. The third kappa shape index (κ3) is 7.05. The number of anilines is 1. The Bertz CT molecular complexity index is 1230. The Morgan fingerprint density at radius 2 is 1.71 bits per heavy atom. The number of hydrogen-bond acceptors (Lipinski definition) is 7. The van der Waals surface area contributed by atoms with Crippen molar-refractivity contribution in [3.63, 3.8) is 0 Å². The Kier molecular flexibility index (Phi) is 8.59. The van der Waals surface area contributed by atoms with E-state index in [1.54, 1.807) is 30.7 Å². The van der Waals surface area contributed by atoms with Gasteiger partial charge < -0.3 is 14.4 Å². The Hall–Kier alpha value is -3.55. The van der Waals surface area contributed by atoms with E-state index in [0.717, 1.165) is 54.0 Å². The molecule has 2 aromatic heterocycles. The van der Waals surface area contributed by atoms with Gasteiger partial charge >= 0.3 is 5.97 Å². The van der Waals surface area contributed by atoms with E-state index in [2.05, 4.69) is 33.7 Å². The first-order valence-corrected chi connectivity index (χ1v) is 13.2. The van der Waals surface area contributed by atoms with Crippen LogP contribution in [0, 0.1) is 18.2 Å². The minimum atomic E-state index is -0.272. The van der Waals surface area contributed by atoms with Gasteiger partial charge in [0.15, 0.2) is 11.6 Å². The number of benzene rings is 1.